The van der Waals surface area contributed by atoms with Crippen LogP contribution in [0.15, 0.2) is 0 Å². The molecule has 4 aliphatic carbocycles. The maximum absolute atomic E-state index is 13.3. The van der Waals surface area contributed by atoms with Crippen LogP contribution in [0.3, 0.4) is 0 Å². The summed E-state index contributed by atoms with van der Waals surface area (Å²) in [5.41, 5.74) is 0.255. The highest BCUT2D eigenvalue weighted by atomic mass is 32.2. The van der Waals surface area contributed by atoms with Crippen LogP contribution in [-0.4, -0.2) is 77.5 Å². The molecule has 4 saturated carbocycles. The molecule has 1 saturated heterocycles. The molecule has 8 heteroatoms. The number of hydrogen-bond donors (Lipinski definition) is 1. The van der Waals surface area contributed by atoms with E-state index < -0.39 is 0 Å². The largest absolute Gasteiger partial charge is 0.466 e. The minimum absolute atomic E-state index is 0.0224. The van der Waals surface area contributed by atoms with Gasteiger partial charge in [-0.3, -0.25) is 9.59 Å². The van der Waals surface area contributed by atoms with E-state index in [0.717, 1.165) is 82.3 Å². The second-order valence-corrected chi connectivity index (χ2v) is 21.7. The highest BCUT2D eigenvalue weighted by Gasteiger charge is 2.51. The number of ether oxygens (including phenoxy) is 2. The van der Waals surface area contributed by atoms with E-state index in [1.54, 1.807) is 0 Å². The zero-order valence-corrected chi connectivity index (χ0v) is 37.4. The van der Waals surface area contributed by atoms with Gasteiger partial charge in [-0.1, -0.05) is 90.9 Å². The smallest absolute Gasteiger partial charge is 0.306 e. The Balaban J connectivity index is 1.19. The molecule has 0 aromatic heterocycles. The molecule has 1 aliphatic heterocycles. The molecule has 5 rings (SSSR count). The second-order valence-electron chi connectivity index (χ2n) is 18.8. The topological polar surface area (TPSA) is 76.1 Å². The Kier molecular flexibility index (Phi) is 23.5. The number of carbonyl (C=O) groups is 2. The summed E-state index contributed by atoms with van der Waals surface area (Å²) in [5.74, 6) is 4.92. The van der Waals surface area contributed by atoms with E-state index in [1.165, 1.54) is 140 Å². The van der Waals surface area contributed by atoms with Crippen LogP contribution in [0.25, 0.3) is 0 Å². The monoisotopic (exact) mass is 808 g/mol. The van der Waals surface area contributed by atoms with Crippen LogP contribution in [0.5, 0.6) is 0 Å². The average Bonchev–Trinajstić information content (AvgIpc) is 3.15. The second kappa shape index (κ2) is 27.3. The summed E-state index contributed by atoms with van der Waals surface area (Å²) in [6.07, 6.45) is 34.4. The van der Waals surface area contributed by atoms with Gasteiger partial charge in [0, 0.05) is 13.0 Å². The molecule has 0 spiro atoms. The van der Waals surface area contributed by atoms with Gasteiger partial charge in [-0.25, -0.2) is 0 Å². The van der Waals surface area contributed by atoms with Gasteiger partial charge in [0.1, 0.15) is 0 Å². The van der Waals surface area contributed by atoms with Gasteiger partial charge in [0.05, 0.1) is 24.2 Å². The summed E-state index contributed by atoms with van der Waals surface area (Å²) in [6.45, 7) is 8.84. The first-order valence-corrected chi connectivity index (χ1v) is 25.8. The summed E-state index contributed by atoms with van der Waals surface area (Å²) in [5, 5.41) is 9.27. The fourth-order valence-electron chi connectivity index (χ4n) is 11.0. The molecule has 5 fully saturated rings. The molecule has 6 nitrogen and oxygen atoms in total. The SMILES string of the molecule is CCCCCCCCCSC(CCC(=O)OCCC1(CCOC(=O)CC23CC4CC(CC(C4)C2)C3)CCN(CCCCO)CC1)SCCCCCCCCC. The number of rotatable bonds is 33. The van der Waals surface area contributed by atoms with Gasteiger partial charge in [0.2, 0.25) is 0 Å². The van der Waals surface area contributed by atoms with Crippen molar-refractivity contribution in [3.63, 3.8) is 0 Å². The third kappa shape index (κ3) is 18.6. The van der Waals surface area contributed by atoms with Crippen LogP contribution in [0, 0.1) is 28.6 Å². The number of aliphatic hydroxyl groups is 1. The molecule has 0 aromatic carbocycles. The first-order chi connectivity index (χ1) is 26.9. The van der Waals surface area contributed by atoms with Crippen LogP contribution in [0.4, 0.5) is 0 Å². The highest BCUT2D eigenvalue weighted by Crippen LogP contribution is 2.61. The van der Waals surface area contributed by atoms with Crippen molar-refractivity contribution in [2.24, 2.45) is 28.6 Å². The molecule has 0 amide bonds. The molecule has 1 N–H and O–H groups in total. The Morgan fingerprint density at radius 2 is 1.16 bits per heavy atom. The van der Waals surface area contributed by atoms with Crippen molar-refractivity contribution < 1.29 is 24.2 Å². The van der Waals surface area contributed by atoms with Crippen LogP contribution in [-0.2, 0) is 19.1 Å². The standard InChI is InChI=1S/C47H85NO5S2/c1-3-5-7-9-11-13-17-31-54-45(55-32-18-14-12-10-8-6-4-2)20-19-43(50)52-29-23-46(21-26-48(27-22-46)25-15-16-28-49)24-30-53-44(51)39-47-36-40-33-41(37-47)35-42(34-40)38-47/h40-42,45,49H,3-39H2,1-2H3. The van der Waals surface area contributed by atoms with Gasteiger partial charge in [-0.05, 0) is 156 Å². The van der Waals surface area contributed by atoms with Crippen molar-refractivity contribution in [1.29, 1.82) is 0 Å². The summed E-state index contributed by atoms with van der Waals surface area (Å²) >= 11 is 4.17. The first kappa shape index (κ1) is 47.2. The number of carbonyl (C=O) groups excluding carboxylic acids is 2. The van der Waals surface area contributed by atoms with E-state index in [9.17, 15) is 14.7 Å². The molecular formula is C47H85NO5S2. The molecule has 0 unspecified atom stereocenters. The van der Waals surface area contributed by atoms with Gasteiger partial charge in [-0.15, -0.1) is 23.5 Å². The minimum Gasteiger partial charge on any atom is -0.466 e. The molecule has 0 atom stereocenters. The predicted octanol–water partition coefficient (Wildman–Crippen LogP) is 12.4. The van der Waals surface area contributed by atoms with Crippen LogP contribution < -0.4 is 0 Å². The van der Waals surface area contributed by atoms with Crippen molar-refractivity contribution in [3.8, 4) is 0 Å². The van der Waals surface area contributed by atoms with Gasteiger partial charge in [0.25, 0.3) is 0 Å². The molecule has 55 heavy (non-hydrogen) atoms. The van der Waals surface area contributed by atoms with Gasteiger partial charge in [0.15, 0.2) is 0 Å². The average molecular weight is 808 g/mol. The molecular weight excluding hydrogens is 723 g/mol. The normalized spacial score (nSPS) is 24.5. The first-order valence-electron chi connectivity index (χ1n) is 23.7. The summed E-state index contributed by atoms with van der Waals surface area (Å²) in [4.78, 5) is 29.0. The van der Waals surface area contributed by atoms with E-state index in [-0.39, 0.29) is 29.4 Å². The number of thioether (sulfide) groups is 2. The number of piperidine rings is 1. The van der Waals surface area contributed by atoms with Gasteiger partial charge >= 0.3 is 11.9 Å². The molecule has 320 valence electrons. The van der Waals surface area contributed by atoms with Crippen molar-refractivity contribution >= 4 is 35.5 Å². The van der Waals surface area contributed by atoms with E-state index in [0.29, 0.717) is 30.6 Å². The lowest BCUT2D eigenvalue weighted by atomic mass is 9.49. The number of hydrogen-bond acceptors (Lipinski definition) is 8. The Morgan fingerprint density at radius 3 is 1.67 bits per heavy atom. The number of nitrogens with zero attached hydrogens (tertiary/aromatic N) is 1. The van der Waals surface area contributed by atoms with Crippen LogP contribution in [0.2, 0.25) is 0 Å². The minimum atomic E-state index is -0.0448. The molecule has 0 aromatic rings. The summed E-state index contributed by atoms with van der Waals surface area (Å²) < 4.78 is 12.5. The van der Waals surface area contributed by atoms with E-state index >= 15 is 0 Å². The van der Waals surface area contributed by atoms with E-state index in [2.05, 4.69) is 42.3 Å². The van der Waals surface area contributed by atoms with Crippen molar-refractivity contribution in [1.82, 2.24) is 4.90 Å². The van der Waals surface area contributed by atoms with Crippen molar-refractivity contribution in [2.75, 3.05) is 51.0 Å². The lowest BCUT2D eigenvalue weighted by Crippen LogP contribution is -2.47. The van der Waals surface area contributed by atoms with Gasteiger partial charge < -0.3 is 19.5 Å². The maximum atomic E-state index is 13.3. The molecule has 0 radical (unpaired) electrons. The number of unbranched alkanes of at least 4 members (excludes halogenated alkanes) is 13. The molecule has 4 bridgehead atoms. The zero-order valence-electron chi connectivity index (χ0n) is 35.8. The fourth-order valence-corrected chi connectivity index (χ4v) is 13.8. The summed E-state index contributed by atoms with van der Waals surface area (Å²) in [7, 11) is 0. The number of esters is 2. The highest BCUT2D eigenvalue weighted by molar-refractivity contribution is 8.17. The van der Waals surface area contributed by atoms with Crippen molar-refractivity contribution in [3.05, 3.63) is 0 Å². The Morgan fingerprint density at radius 1 is 0.673 bits per heavy atom. The van der Waals surface area contributed by atoms with Crippen LogP contribution >= 0.6 is 23.5 Å². The zero-order chi connectivity index (χ0) is 39.0. The molecule has 1 heterocycles. The third-order valence-corrected chi connectivity index (χ3v) is 17.0. The fraction of sp³-hybridized carbons (Fsp3) is 0.957. The van der Waals surface area contributed by atoms with E-state index in [1.807, 2.05) is 0 Å². The molecule has 5 aliphatic rings. The third-order valence-electron chi connectivity index (χ3n) is 14.0. The maximum Gasteiger partial charge on any atom is 0.306 e. The number of aliphatic hydroxyl groups excluding tert-OH is 1. The number of likely N-dealkylation sites (tertiary alicyclic amines) is 1. The quantitative estimate of drug-likeness (QED) is 0.0399. The lowest BCUT2D eigenvalue weighted by Gasteiger charge is -2.56. The van der Waals surface area contributed by atoms with Crippen LogP contribution in [0.1, 0.15) is 200 Å². The van der Waals surface area contributed by atoms with E-state index in [4.69, 9.17) is 9.47 Å². The predicted molar refractivity (Wildman–Crippen MR) is 235 cm³/mol. The Hall–Kier alpha value is -0.440. The lowest BCUT2D eigenvalue weighted by molar-refractivity contribution is -0.153. The Labute approximate surface area is 347 Å². The van der Waals surface area contributed by atoms with Gasteiger partial charge in [-0.2, -0.15) is 0 Å². The summed E-state index contributed by atoms with van der Waals surface area (Å²) in [6, 6.07) is 0. The van der Waals surface area contributed by atoms with Crippen molar-refractivity contribution in [2.45, 2.75) is 205 Å². The Bertz CT molecular complexity index is 978.